The molecule has 0 aromatic carbocycles. The van der Waals surface area contributed by atoms with E-state index in [0.29, 0.717) is 0 Å². The summed E-state index contributed by atoms with van der Waals surface area (Å²) in [5, 5.41) is 8.93. The Kier molecular flexibility index (Phi) is 4.28. The van der Waals surface area contributed by atoms with E-state index in [1.165, 1.54) is 19.2 Å². The van der Waals surface area contributed by atoms with Crippen LogP contribution in [-0.4, -0.2) is 36.3 Å². The Morgan fingerprint density at radius 2 is 2.11 bits per heavy atom. The maximum Gasteiger partial charge on any atom is 0.355 e. The molecule has 1 aromatic heterocycles. The summed E-state index contributed by atoms with van der Waals surface area (Å²) in [5.74, 6) is -1.33. The Bertz CT molecular complexity index is 551. The van der Waals surface area contributed by atoms with Crippen molar-refractivity contribution in [3.63, 3.8) is 0 Å². The molecular formula is C11H15NO5S. The van der Waals surface area contributed by atoms with Crippen molar-refractivity contribution >= 4 is 15.8 Å². The van der Waals surface area contributed by atoms with Gasteiger partial charge in [0, 0.05) is 6.07 Å². The minimum Gasteiger partial charge on any atom is -0.489 e. The number of hydrogen-bond donors (Lipinski definition) is 1. The number of hydrogen-bond acceptors (Lipinski definition) is 5. The number of pyridine rings is 1. The van der Waals surface area contributed by atoms with Gasteiger partial charge in [-0.05, 0) is 13.8 Å². The summed E-state index contributed by atoms with van der Waals surface area (Å²) in [5.41, 5.74) is -0.479. The van der Waals surface area contributed by atoms with Crippen LogP contribution >= 0.6 is 0 Å². The number of sulfone groups is 1. The molecule has 18 heavy (non-hydrogen) atoms. The molecule has 1 heterocycles. The van der Waals surface area contributed by atoms with Gasteiger partial charge in [0.15, 0.2) is 15.5 Å². The molecule has 1 rings (SSSR count). The largest absolute Gasteiger partial charge is 0.489 e. The van der Waals surface area contributed by atoms with Gasteiger partial charge >= 0.3 is 5.97 Å². The van der Waals surface area contributed by atoms with Crippen LogP contribution in [0, 0.1) is 0 Å². The maximum absolute atomic E-state index is 11.8. The van der Waals surface area contributed by atoms with Crippen LogP contribution in [0.25, 0.3) is 0 Å². The van der Waals surface area contributed by atoms with Crippen LogP contribution in [0.5, 0.6) is 5.75 Å². The van der Waals surface area contributed by atoms with Gasteiger partial charge in [-0.1, -0.05) is 6.92 Å². The molecule has 0 unspecified atom stereocenters. The molecule has 0 saturated carbocycles. The van der Waals surface area contributed by atoms with E-state index in [1.54, 1.807) is 13.8 Å². The van der Waals surface area contributed by atoms with E-state index in [0.717, 1.165) is 0 Å². The molecular weight excluding hydrogens is 258 g/mol. The summed E-state index contributed by atoms with van der Waals surface area (Å²) >= 11 is 0. The van der Waals surface area contributed by atoms with Gasteiger partial charge in [-0.2, -0.15) is 0 Å². The van der Waals surface area contributed by atoms with E-state index in [2.05, 4.69) is 4.98 Å². The second kappa shape index (κ2) is 5.34. The van der Waals surface area contributed by atoms with Crippen molar-refractivity contribution in [2.45, 2.75) is 31.8 Å². The van der Waals surface area contributed by atoms with Gasteiger partial charge in [0.1, 0.15) is 10.6 Å². The summed E-state index contributed by atoms with van der Waals surface area (Å²) in [4.78, 5) is 14.3. The Hall–Kier alpha value is -1.63. The quantitative estimate of drug-likeness (QED) is 0.870. The third kappa shape index (κ3) is 3.19. The zero-order valence-electron chi connectivity index (χ0n) is 10.4. The van der Waals surface area contributed by atoms with Crippen LogP contribution in [0.4, 0.5) is 0 Å². The molecule has 0 bridgehead atoms. The number of aromatic nitrogens is 1. The minimum atomic E-state index is -3.66. The lowest BCUT2D eigenvalue weighted by Gasteiger charge is -2.11. The van der Waals surface area contributed by atoms with Gasteiger partial charge in [0.2, 0.25) is 0 Å². The fraction of sp³-hybridized carbons (Fsp3) is 0.455. The molecule has 0 amide bonds. The molecule has 0 fully saturated rings. The molecule has 6 nitrogen and oxygen atoms in total. The minimum absolute atomic E-state index is 0.153. The average Bonchev–Trinajstić information content (AvgIpc) is 2.27. The van der Waals surface area contributed by atoms with E-state index in [-0.39, 0.29) is 22.5 Å². The number of nitrogens with zero attached hydrogens (tertiary/aromatic N) is 1. The monoisotopic (exact) mass is 273 g/mol. The molecule has 0 aliphatic carbocycles. The second-order valence-corrected chi connectivity index (χ2v) is 6.14. The van der Waals surface area contributed by atoms with Crippen LogP contribution in [0.2, 0.25) is 0 Å². The van der Waals surface area contributed by atoms with Crippen molar-refractivity contribution in [1.29, 1.82) is 0 Å². The number of rotatable bonds is 5. The van der Waals surface area contributed by atoms with Gasteiger partial charge in [0.05, 0.1) is 18.1 Å². The molecule has 7 heteroatoms. The van der Waals surface area contributed by atoms with Crippen molar-refractivity contribution in [3.8, 4) is 5.75 Å². The SMILES string of the molecule is CCS(=O)(=O)c1cc(OC(C)C)cnc1C(=O)O. The predicted octanol–water partition coefficient (Wildman–Crippen LogP) is 1.36. The lowest BCUT2D eigenvalue weighted by Crippen LogP contribution is -2.14. The van der Waals surface area contributed by atoms with E-state index in [1.807, 2.05) is 0 Å². The van der Waals surface area contributed by atoms with Gasteiger partial charge in [-0.25, -0.2) is 18.2 Å². The molecule has 0 aliphatic heterocycles. The number of carboxylic acids is 1. The third-order valence-corrected chi connectivity index (χ3v) is 3.86. The lowest BCUT2D eigenvalue weighted by molar-refractivity contribution is 0.0685. The molecule has 0 spiro atoms. The van der Waals surface area contributed by atoms with Gasteiger partial charge < -0.3 is 9.84 Å². The van der Waals surface area contributed by atoms with Crippen LogP contribution in [0.3, 0.4) is 0 Å². The van der Waals surface area contributed by atoms with E-state index < -0.39 is 21.5 Å². The van der Waals surface area contributed by atoms with Crippen molar-refractivity contribution in [1.82, 2.24) is 4.98 Å². The fourth-order valence-electron chi connectivity index (χ4n) is 1.32. The summed E-state index contributed by atoms with van der Waals surface area (Å²) in [7, 11) is -3.66. The zero-order chi connectivity index (χ0) is 13.9. The Morgan fingerprint density at radius 3 is 2.56 bits per heavy atom. The average molecular weight is 273 g/mol. The summed E-state index contributed by atoms with van der Waals surface area (Å²) in [6.45, 7) is 5.00. The number of aromatic carboxylic acids is 1. The van der Waals surface area contributed by atoms with Gasteiger partial charge in [-0.15, -0.1) is 0 Å². The van der Waals surface area contributed by atoms with Crippen molar-refractivity contribution in [3.05, 3.63) is 18.0 Å². The predicted molar refractivity (Wildman–Crippen MR) is 64.7 cm³/mol. The topological polar surface area (TPSA) is 93.6 Å². The van der Waals surface area contributed by atoms with Crippen LogP contribution < -0.4 is 4.74 Å². The normalized spacial score (nSPS) is 11.6. The van der Waals surface area contributed by atoms with Crippen LogP contribution in [0.15, 0.2) is 17.2 Å². The van der Waals surface area contributed by atoms with Crippen LogP contribution in [-0.2, 0) is 9.84 Å². The molecule has 0 radical (unpaired) electrons. The summed E-state index contributed by atoms with van der Waals surface area (Å²) in [6.07, 6.45) is 1.05. The first-order valence-corrected chi connectivity index (χ1v) is 7.06. The second-order valence-electron chi connectivity index (χ2n) is 3.89. The highest BCUT2D eigenvalue weighted by Gasteiger charge is 2.23. The van der Waals surface area contributed by atoms with Crippen molar-refractivity contribution in [2.75, 3.05) is 5.75 Å². The molecule has 100 valence electrons. The van der Waals surface area contributed by atoms with Crippen molar-refractivity contribution < 1.29 is 23.1 Å². The highest BCUT2D eigenvalue weighted by molar-refractivity contribution is 7.91. The Labute approximate surface area is 106 Å². The lowest BCUT2D eigenvalue weighted by atomic mass is 10.3. The first-order valence-electron chi connectivity index (χ1n) is 5.40. The number of carbonyl (C=O) groups is 1. The molecule has 0 saturated heterocycles. The van der Waals surface area contributed by atoms with Crippen LogP contribution in [0.1, 0.15) is 31.3 Å². The highest BCUT2D eigenvalue weighted by atomic mass is 32.2. The maximum atomic E-state index is 11.8. The molecule has 0 aliphatic rings. The molecule has 1 aromatic rings. The van der Waals surface area contributed by atoms with Gasteiger partial charge in [0.25, 0.3) is 0 Å². The van der Waals surface area contributed by atoms with E-state index in [9.17, 15) is 13.2 Å². The fourth-order valence-corrected chi connectivity index (χ4v) is 2.36. The molecule has 1 N–H and O–H groups in total. The van der Waals surface area contributed by atoms with Gasteiger partial charge in [-0.3, -0.25) is 0 Å². The Balaban J connectivity index is 3.38. The summed E-state index contributed by atoms with van der Waals surface area (Å²) in [6, 6.07) is 1.20. The summed E-state index contributed by atoms with van der Waals surface area (Å²) < 4.78 is 28.9. The van der Waals surface area contributed by atoms with E-state index in [4.69, 9.17) is 9.84 Å². The first-order chi connectivity index (χ1) is 8.27. The zero-order valence-corrected chi connectivity index (χ0v) is 11.2. The van der Waals surface area contributed by atoms with E-state index >= 15 is 0 Å². The number of ether oxygens (including phenoxy) is 1. The number of carboxylic acid groups (broad SMARTS) is 1. The smallest absolute Gasteiger partial charge is 0.355 e. The highest BCUT2D eigenvalue weighted by Crippen LogP contribution is 2.22. The Morgan fingerprint density at radius 1 is 1.50 bits per heavy atom. The first kappa shape index (κ1) is 14.4. The van der Waals surface area contributed by atoms with Crippen molar-refractivity contribution in [2.24, 2.45) is 0 Å². The third-order valence-electron chi connectivity index (χ3n) is 2.12. The molecule has 0 atom stereocenters. The standard InChI is InChI=1S/C11H15NO5S/c1-4-18(15,16)9-5-8(17-7(2)3)6-12-10(9)11(13)14/h5-7H,4H2,1-3H3,(H,13,14).